The molecule has 240 valence electrons. The van der Waals surface area contributed by atoms with Crippen molar-refractivity contribution in [2.24, 2.45) is 5.92 Å². The second-order valence-electron chi connectivity index (χ2n) is 11.2. The monoisotopic (exact) mass is 588 g/mol. The summed E-state index contributed by atoms with van der Waals surface area (Å²) in [5, 5.41) is 9.47. The third-order valence-corrected chi connectivity index (χ3v) is 7.14. The molecule has 0 fully saturated rings. The summed E-state index contributed by atoms with van der Waals surface area (Å²) >= 11 is 0. The fourth-order valence-corrected chi connectivity index (χ4v) is 4.19. The number of aliphatic hydroxyl groups excluding tert-OH is 1. The molecule has 6 heteroatoms. The Balaban J connectivity index is 3.88. The third kappa shape index (κ3) is 27.7. The van der Waals surface area contributed by atoms with Crippen LogP contribution < -0.4 is 0 Å². The van der Waals surface area contributed by atoms with Crippen LogP contribution in [-0.2, 0) is 23.9 Å². The summed E-state index contributed by atoms with van der Waals surface area (Å²) in [6.07, 6.45) is 31.7. The van der Waals surface area contributed by atoms with Crippen LogP contribution in [0.1, 0.15) is 136 Å². The molecule has 0 aliphatic rings. The highest BCUT2D eigenvalue weighted by molar-refractivity contribution is 5.90. The van der Waals surface area contributed by atoms with Crippen molar-refractivity contribution in [3.63, 3.8) is 0 Å². The fraction of sp³-hybridized carbons (Fsp3) is 0.694. The molecular weight excluding hydrogens is 528 g/mol. The molecule has 0 amide bonds. The van der Waals surface area contributed by atoms with Crippen molar-refractivity contribution < 1.29 is 29.0 Å². The SMILES string of the molecule is CCCCC/C=C\C/C=C\C/C=C\C=C\C(=O)CCCC(=O)O[C@@H](CO)COC(=O)CCCCCCCCC(C)CC. The minimum Gasteiger partial charge on any atom is -0.462 e. The number of ketones is 1. The van der Waals surface area contributed by atoms with Crippen molar-refractivity contribution in [1.82, 2.24) is 0 Å². The number of carbonyl (C=O) groups excluding carboxylic acids is 3. The number of unbranched alkanes of at least 4 members (excludes halogenated alkanes) is 8. The second-order valence-corrected chi connectivity index (χ2v) is 11.2. The summed E-state index contributed by atoms with van der Waals surface area (Å²) in [6, 6.07) is 0. The zero-order valence-electron chi connectivity index (χ0n) is 26.9. The van der Waals surface area contributed by atoms with Crippen LogP contribution >= 0.6 is 0 Å². The quantitative estimate of drug-likeness (QED) is 0.0323. The standard InChI is InChI=1S/C36H60O6/c1-4-6-7-8-9-10-11-12-13-14-15-19-22-26-33(38)27-24-29-36(40)42-34(30-37)31-41-35(39)28-23-20-17-16-18-21-25-32(3)5-2/h9-10,12-13,15,19,22,26,32,34,37H,4-8,11,14,16-18,20-21,23-25,27-31H2,1-3H3/b10-9-,13-12-,19-15-,26-22+/t32?,34-/m0/s1. The van der Waals surface area contributed by atoms with Crippen molar-refractivity contribution in [2.45, 2.75) is 142 Å². The Labute approximate surface area is 256 Å². The number of ether oxygens (including phenoxy) is 2. The van der Waals surface area contributed by atoms with Crippen molar-refractivity contribution in [2.75, 3.05) is 13.2 Å². The van der Waals surface area contributed by atoms with Gasteiger partial charge in [-0.05, 0) is 50.5 Å². The van der Waals surface area contributed by atoms with E-state index in [0.717, 1.165) is 44.4 Å². The zero-order valence-corrected chi connectivity index (χ0v) is 26.9. The Bertz CT molecular complexity index is 795. The van der Waals surface area contributed by atoms with Gasteiger partial charge in [-0.1, -0.05) is 121 Å². The first-order chi connectivity index (χ1) is 20.4. The summed E-state index contributed by atoms with van der Waals surface area (Å²) in [4.78, 5) is 36.0. The van der Waals surface area contributed by atoms with E-state index in [4.69, 9.17) is 9.47 Å². The predicted octanol–water partition coefficient (Wildman–Crippen LogP) is 8.93. The lowest BCUT2D eigenvalue weighted by Gasteiger charge is -2.15. The van der Waals surface area contributed by atoms with Crippen LogP contribution in [0, 0.1) is 5.92 Å². The van der Waals surface area contributed by atoms with E-state index in [0.29, 0.717) is 12.8 Å². The second kappa shape index (κ2) is 30.0. The fourth-order valence-electron chi connectivity index (χ4n) is 4.19. The first-order valence-corrected chi connectivity index (χ1v) is 16.5. The lowest BCUT2D eigenvalue weighted by molar-refractivity contribution is -0.161. The molecule has 1 N–H and O–H groups in total. The predicted molar refractivity (Wildman–Crippen MR) is 173 cm³/mol. The van der Waals surface area contributed by atoms with E-state index >= 15 is 0 Å². The number of hydrogen-bond donors (Lipinski definition) is 1. The topological polar surface area (TPSA) is 89.9 Å². The first-order valence-electron chi connectivity index (χ1n) is 16.5. The van der Waals surface area contributed by atoms with E-state index < -0.39 is 18.7 Å². The summed E-state index contributed by atoms with van der Waals surface area (Å²) < 4.78 is 10.4. The third-order valence-electron chi connectivity index (χ3n) is 7.14. The summed E-state index contributed by atoms with van der Waals surface area (Å²) in [5.41, 5.74) is 0. The number of hydrogen-bond acceptors (Lipinski definition) is 6. The van der Waals surface area contributed by atoms with Crippen molar-refractivity contribution in [3.05, 3.63) is 48.6 Å². The van der Waals surface area contributed by atoms with Crippen LogP contribution in [0.3, 0.4) is 0 Å². The maximum absolute atomic E-state index is 12.1. The van der Waals surface area contributed by atoms with E-state index in [9.17, 15) is 19.5 Å². The molecule has 0 radical (unpaired) electrons. The molecule has 0 spiro atoms. The Morgan fingerprint density at radius 1 is 0.714 bits per heavy atom. The molecule has 0 aromatic carbocycles. The average Bonchev–Trinajstić information content (AvgIpc) is 2.98. The van der Waals surface area contributed by atoms with Gasteiger partial charge in [0.2, 0.25) is 0 Å². The molecule has 0 saturated heterocycles. The molecule has 6 nitrogen and oxygen atoms in total. The van der Waals surface area contributed by atoms with Gasteiger partial charge in [0.05, 0.1) is 6.61 Å². The van der Waals surface area contributed by atoms with Crippen LogP contribution in [0.5, 0.6) is 0 Å². The van der Waals surface area contributed by atoms with Crippen LogP contribution in [0.25, 0.3) is 0 Å². The average molecular weight is 589 g/mol. The molecule has 0 aromatic heterocycles. The van der Waals surface area contributed by atoms with Crippen molar-refractivity contribution in [3.8, 4) is 0 Å². The lowest BCUT2D eigenvalue weighted by atomic mass is 10.00. The highest BCUT2D eigenvalue weighted by Crippen LogP contribution is 2.14. The molecule has 0 saturated carbocycles. The number of aliphatic hydroxyl groups is 1. The molecule has 0 heterocycles. The van der Waals surface area contributed by atoms with Crippen LogP contribution in [0.15, 0.2) is 48.6 Å². The normalized spacial score (nSPS) is 13.4. The lowest BCUT2D eigenvalue weighted by Crippen LogP contribution is -2.28. The van der Waals surface area contributed by atoms with E-state index in [1.165, 1.54) is 57.4 Å². The highest BCUT2D eigenvalue weighted by Gasteiger charge is 2.16. The smallest absolute Gasteiger partial charge is 0.306 e. The van der Waals surface area contributed by atoms with Crippen LogP contribution in [0.2, 0.25) is 0 Å². The summed E-state index contributed by atoms with van der Waals surface area (Å²) in [6.45, 7) is 6.16. The molecule has 0 aliphatic carbocycles. The Morgan fingerprint density at radius 2 is 1.38 bits per heavy atom. The van der Waals surface area contributed by atoms with Gasteiger partial charge in [-0.2, -0.15) is 0 Å². The zero-order chi connectivity index (χ0) is 31.1. The van der Waals surface area contributed by atoms with Gasteiger partial charge in [-0.3, -0.25) is 14.4 Å². The number of rotatable bonds is 28. The van der Waals surface area contributed by atoms with E-state index in [1.807, 2.05) is 12.2 Å². The number of carbonyl (C=O) groups is 3. The summed E-state index contributed by atoms with van der Waals surface area (Å²) in [7, 11) is 0. The molecule has 2 atom stereocenters. The Morgan fingerprint density at radius 3 is 2.10 bits per heavy atom. The number of allylic oxidation sites excluding steroid dienone is 8. The Kier molecular flexibility index (Phi) is 28.2. The van der Waals surface area contributed by atoms with Gasteiger partial charge >= 0.3 is 11.9 Å². The van der Waals surface area contributed by atoms with Gasteiger partial charge in [0.1, 0.15) is 6.61 Å². The minimum absolute atomic E-state index is 0.0602. The van der Waals surface area contributed by atoms with Gasteiger partial charge in [0.15, 0.2) is 11.9 Å². The molecular formula is C36H60O6. The highest BCUT2D eigenvalue weighted by atomic mass is 16.6. The van der Waals surface area contributed by atoms with E-state index in [-0.39, 0.29) is 31.2 Å². The minimum atomic E-state index is -0.886. The largest absolute Gasteiger partial charge is 0.462 e. The first kappa shape index (κ1) is 39.5. The molecule has 0 bridgehead atoms. The van der Waals surface area contributed by atoms with Gasteiger partial charge in [-0.25, -0.2) is 0 Å². The molecule has 0 rings (SSSR count). The van der Waals surface area contributed by atoms with Crippen molar-refractivity contribution in [1.29, 1.82) is 0 Å². The van der Waals surface area contributed by atoms with Crippen LogP contribution in [0.4, 0.5) is 0 Å². The van der Waals surface area contributed by atoms with Crippen molar-refractivity contribution >= 4 is 17.7 Å². The van der Waals surface area contributed by atoms with Gasteiger partial charge in [0, 0.05) is 19.3 Å². The molecule has 42 heavy (non-hydrogen) atoms. The van der Waals surface area contributed by atoms with E-state index in [1.54, 1.807) is 6.08 Å². The van der Waals surface area contributed by atoms with Gasteiger partial charge < -0.3 is 14.6 Å². The van der Waals surface area contributed by atoms with Gasteiger partial charge in [-0.15, -0.1) is 0 Å². The molecule has 0 aliphatic heterocycles. The number of esters is 2. The molecule has 0 aromatic rings. The van der Waals surface area contributed by atoms with Gasteiger partial charge in [0.25, 0.3) is 0 Å². The maximum atomic E-state index is 12.1. The van der Waals surface area contributed by atoms with E-state index in [2.05, 4.69) is 45.1 Å². The Hall–Kier alpha value is -2.47. The van der Waals surface area contributed by atoms with Crippen LogP contribution in [-0.4, -0.2) is 42.1 Å². The molecule has 1 unspecified atom stereocenters. The maximum Gasteiger partial charge on any atom is 0.306 e. The summed E-state index contributed by atoms with van der Waals surface area (Å²) in [5.74, 6) is -0.108.